The Balaban J connectivity index is 1.98. The molecule has 26 heavy (non-hydrogen) atoms. The molecule has 2 aromatic carbocycles. The molecule has 0 saturated heterocycles. The Labute approximate surface area is 158 Å². The van der Waals surface area contributed by atoms with Gasteiger partial charge in [-0.25, -0.2) is 8.42 Å². The number of halogens is 1. The minimum atomic E-state index is -3.62. The smallest absolute Gasteiger partial charge is 0.225 e. The number of rotatable bonds is 7. The van der Waals surface area contributed by atoms with E-state index in [1.807, 2.05) is 31.1 Å². The first-order valence-corrected chi connectivity index (χ1v) is 9.89. The van der Waals surface area contributed by atoms with Crippen molar-refractivity contribution in [3.05, 3.63) is 47.5 Å². The second-order valence-electron chi connectivity index (χ2n) is 5.85. The third-order valence-corrected chi connectivity index (χ3v) is 5.76. The predicted molar refractivity (Wildman–Crippen MR) is 104 cm³/mol. The van der Waals surface area contributed by atoms with Gasteiger partial charge in [0.15, 0.2) is 9.84 Å². The summed E-state index contributed by atoms with van der Waals surface area (Å²) in [7, 11) is 1.67. The summed E-state index contributed by atoms with van der Waals surface area (Å²) < 4.78 is 29.8. The first kappa shape index (κ1) is 20.1. The van der Waals surface area contributed by atoms with Gasteiger partial charge < -0.3 is 15.0 Å². The lowest BCUT2D eigenvalue weighted by molar-refractivity contribution is -0.115. The SMILES string of the molecule is COc1ccc(S(=O)(=O)CCC(=O)Nc2ccc(N(C)C)cc2)cc1Cl. The van der Waals surface area contributed by atoms with Crippen molar-refractivity contribution in [2.75, 3.05) is 37.2 Å². The second-order valence-corrected chi connectivity index (χ2v) is 8.37. The van der Waals surface area contributed by atoms with Crippen LogP contribution in [-0.4, -0.2) is 41.3 Å². The van der Waals surface area contributed by atoms with Crippen molar-refractivity contribution < 1.29 is 17.9 Å². The van der Waals surface area contributed by atoms with Crippen LogP contribution < -0.4 is 15.0 Å². The molecule has 0 aromatic heterocycles. The molecule has 0 bridgehead atoms. The minimum absolute atomic E-state index is 0.0615. The fourth-order valence-electron chi connectivity index (χ4n) is 2.25. The van der Waals surface area contributed by atoms with Gasteiger partial charge in [0, 0.05) is 31.9 Å². The molecule has 0 aliphatic heterocycles. The van der Waals surface area contributed by atoms with Gasteiger partial charge in [-0.05, 0) is 42.5 Å². The summed E-state index contributed by atoms with van der Waals surface area (Å²) in [5.41, 5.74) is 1.62. The molecule has 6 nitrogen and oxygen atoms in total. The van der Waals surface area contributed by atoms with Crippen LogP contribution in [0.15, 0.2) is 47.4 Å². The van der Waals surface area contributed by atoms with Crippen LogP contribution in [0, 0.1) is 0 Å². The number of hydrogen-bond donors (Lipinski definition) is 1. The van der Waals surface area contributed by atoms with Gasteiger partial charge in [0.2, 0.25) is 5.91 Å². The highest BCUT2D eigenvalue weighted by molar-refractivity contribution is 7.91. The molecule has 0 unspecified atom stereocenters. The molecule has 8 heteroatoms. The molecule has 0 heterocycles. The molecule has 0 aliphatic carbocycles. The largest absolute Gasteiger partial charge is 0.495 e. The Kier molecular flexibility index (Phi) is 6.50. The molecule has 0 fully saturated rings. The number of carbonyl (C=O) groups is 1. The van der Waals surface area contributed by atoms with E-state index in [9.17, 15) is 13.2 Å². The van der Waals surface area contributed by atoms with E-state index in [4.69, 9.17) is 16.3 Å². The van der Waals surface area contributed by atoms with Crippen molar-refractivity contribution in [3.8, 4) is 5.75 Å². The quantitative estimate of drug-likeness (QED) is 0.777. The summed E-state index contributed by atoms with van der Waals surface area (Å²) in [4.78, 5) is 14.0. The lowest BCUT2D eigenvalue weighted by atomic mass is 10.2. The number of methoxy groups -OCH3 is 1. The average Bonchev–Trinajstić information content (AvgIpc) is 2.60. The molecule has 2 rings (SSSR count). The molecule has 0 spiro atoms. The predicted octanol–water partition coefficient (Wildman–Crippen LogP) is 3.22. The fraction of sp³-hybridized carbons (Fsp3) is 0.278. The molecule has 0 aliphatic rings. The Morgan fingerprint density at radius 1 is 1.15 bits per heavy atom. The van der Waals surface area contributed by atoms with E-state index in [0.717, 1.165) is 5.69 Å². The van der Waals surface area contributed by atoms with Crippen molar-refractivity contribution in [1.82, 2.24) is 0 Å². The number of carbonyl (C=O) groups excluding carboxylic acids is 1. The van der Waals surface area contributed by atoms with Crippen LogP contribution in [0.5, 0.6) is 5.75 Å². The van der Waals surface area contributed by atoms with Gasteiger partial charge in [0.25, 0.3) is 0 Å². The number of anilines is 2. The molecule has 2 aromatic rings. The molecule has 140 valence electrons. The number of ether oxygens (including phenoxy) is 1. The topological polar surface area (TPSA) is 75.7 Å². The zero-order valence-corrected chi connectivity index (χ0v) is 16.4. The van der Waals surface area contributed by atoms with E-state index in [0.29, 0.717) is 11.4 Å². The minimum Gasteiger partial charge on any atom is -0.495 e. The number of nitrogens with zero attached hydrogens (tertiary/aromatic N) is 1. The molecule has 0 saturated carbocycles. The summed E-state index contributed by atoms with van der Waals surface area (Å²) in [6.07, 6.45) is -0.151. The number of sulfone groups is 1. The van der Waals surface area contributed by atoms with Crippen LogP contribution >= 0.6 is 11.6 Å². The van der Waals surface area contributed by atoms with E-state index < -0.39 is 9.84 Å². The third-order valence-electron chi connectivity index (χ3n) is 3.75. The third kappa shape index (κ3) is 5.12. The highest BCUT2D eigenvalue weighted by atomic mass is 35.5. The maximum Gasteiger partial charge on any atom is 0.225 e. The molecular weight excluding hydrogens is 376 g/mol. The second kappa shape index (κ2) is 8.42. The zero-order chi connectivity index (χ0) is 19.3. The summed E-state index contributed by atoms with van der Waals surface area (Å²) in [6, 6.07) is 11.5. The first-order valence-electron chi connectivity index (χ1n) is 7.86. The van der Waals surface area contributed by atoms with Crippen LogP contribution in [0.3, 0.4) is 0 Å². The van der Waals surface area contributed by atoms with Crippen LogP contribution in [0.25, 0.3) is 0 Å². The highest BCUT2D eigenvalue weighted by Crippen LogP contribution is 2.27. The van der Waals surface area contributed by atoms with Gasteiger partial charge in [0.1, 0.15) is 5.75 Å². The van der Waals surface area contributed by atoms with E-state index in [1.54, 1.807) is 12.1 Å². The van der Waals surface area contributed by atoms with E-state index >= 15 is 0 Å². The Hall–Kier alpha value is -2.25. The number of hydrogen-bond acceptors (Lipinski definition) is 5. The zero-order valence-electron chi connectivity index (χ0n) is 14.8. The Morgan fingerprint density at radius 3 is 2.35 bits per heavy atom. The number of nitrogens with one attached hydrogen (secondary N) is 1. The number of benzene rings is 2. The summed E-state index contributed by atoms with van der Waals surface area (Å²) in [5, 5.41) is 2.90. The molecule has 1 N–H and O–H groups in total. The van der Waals surface area contributed by atoms with Crippen LogP contribution in [-0.2, 0) is 14.6 Å². The standard InChI is InChI=1S/C18H21ClN2O4S/c1-21(2)14-6-4-13(5-7-14)20-18(22)10-11-26(23,24)15-8-9-17(25-3)16(19)12-15/h4-9,12H,10-11H2,1-3H3,(H,20,22). The Bertz CT molecular complexity index is 881. The van der Waals surface area contributed by atoms with Crippen molar-refractivity contribution in [2.24, 2.45) is 0 Å². The summed E-state index contributed by atoms with van der Waals surface area (Å²) in [5.74, 6) is -0.285. The maximum absolute atomic E-state index is 12.4. The molecule has 0 atom stereocenters. The normalized spacial score (nSPS) is 11.1. The summed E-state index contributed by atoms with van der Waals surface area (Å²) >= 11 is 5.97. The average molecular weight is 397 g/mol. The van der Waals surface area contributed by atoms with Crippen LogP contribution in [0.1, 0.15) is 6.42 Å². The lowest BCUT2D eigenvalue weighted by Crippen LogP contribution is -2.17. The monoisotopic (exact) mass is 396 g/mol. The molecule has 1 amide bonds. The maximum atomic E-state index is 12.4. The van der Waals surface area contributed by atoms with Gasteiger partial charge in [-0.1, -0.05) is 11.6 Å². The molecular formula is C18H21ClN2O4S. The van der Waals surface area contributed by atoms with Crippen LogP contribution in [0.4, 0.5) is 11.4 Å². The fourth-order valence-corrected chi connectivity index (χ4v) is 3.84. The van der Waals surface area contributed by atoms with E-state index in [1.165, 1.54) is 25.3 Å². The van der Waals surface area contributed by atoms with Crippen molar-refractivity contribution in [3.63, 3.8) is 0 Å². The van der Waals surface area contributed by atoms with Crippen molar-refractivity contribution in [2.45, 2.75) is 11.3 Å². The van der Waals surface area contributed by atoms with Crippen LogP contribution in [0.2, 0.25) is 5.02 Å². The Morgan fingerprint density at radius 2 is 1.81 bits per heavy atom. The number of amides is 1. The van der Waals surface area contributed by atoms with Gasteiger partial charge in [0.05, 0.1) is 22.8 Å². The van der Waals surface area contributed by atoms with Gasteiger partial charge in [-0.15, -0.1) is 0 Å². The van der Waals surface area contributed by atoms with Gasteiger partial charge in [-0.3, -0.25) is 4.79 Å². The van der Waals surface area contributed by atoms with Crippen molar-refractivity contribution in [1.29, 1.82) is 0 Å². The highest BCUT2D eigenvalue weighted by Gasteiger charge is 2.18. The molecule has 0 radical (unpaired) electrons. The first-order chi connectivity index (χ1) is 12.2. The van der Waals surface area contributed by atoms with E-state index in [-0.39, 0.29) is 28.0 Å². The van der Waals surface area contributed by atoms with Gasteiger partial charge >= 0.3 is 0 Å². The van der Waals surface area contributed by atoms with Gasteiger partial charge in [-0.2, -0.15) is 0 Å². The lowest BCUT2D eigenvalue weighted by Gasteiger charge is -2.13. The summed E-state index contributed by atoms with van der Waals surface area (Å²) in [6.45, 7) is 0. The van der Waals surface area contributed by atoms with Crippen molar-refractivity contribution >= 4 is 38.7 Å². The van der Waals surface area contributed by atoms with E-state index in [2.05, 4.69) is 5.32 Å².